The summed E-state index contributed by atoms with van der Waals surface area (Å²) in [6.45, 7) is 0.751. The van der Waals surface area contributed by atoms with Crippen LogP contribution in [0.3, 0.4) is 0 Å². The van der Waals surface area contributed by atoms with Gasteiger partial charge in [-0.25, -0.2) is 4.98 Å². The van der Waals surface area contributed by atoms with Crippen molar-refractivity contribution in [3.05, 3.63) is 72.4 Å². The summed E-state index contributed by atoms with van der Waals surface area (Å²) in [6, 6.07) is 11.9. The quantitative estimate of drug-likeness (QED) is 0.760. The van der Waals surface area contributed by atoms with E-state index in [1.165, 1.54) is 0 Å². The van der Waals surface area contributed by atoms with Gasteiger partial charge in [0.2, 0.25) is 0 Å². The van der Waals surface area contributed by atoms with Crippen LogP contribution in [0.4, 0.5) is 0 Å². The van der Waals surface area contributed by atoms with E-state index in [2.05, 4.69) is 16.0 Å². The Labute approximate surface area is 134 Å². The Morgan fingerprint density at radius 1 is 1.09 bits per heavy atom. The lowest BCUT2D eigenvalue weighted by Gasteiger charge is -2.06. The van der Waals surface area contributed by atoms with Crippen LogP contribution >= 0.6 is 0 Å². The maximum Gasteiger partial charge on any atom is 0.303 e. The smallest absolute Gasteiger partial charge is 0.303 e. The van der Waals surface area contributed by atoms with Gasteiger partial charge in [-0.15, -0.1) is 0 Å². The molecule has 0 fully saturated rings. The molecule has 2 aromatic heterocycles. The van der Waals surface area contributed by atoms with E-state index < -0.39 is 5.97 Å². The molecular weight excluding hydrogens is 290 g/mol. The molecular formula is C18H17N3O2. The Balaban J connectivity index is 1.68. The second kappa shape index (κ2) is 6.87. The van der Waals surface area contributed by atoms with Crippen molar-refractivity contribution in [1.29, 1.82) is 0 Å². The van der Waals surface area contributed by atoms with E-state index in [1.807, 2.05) is 47.3 Å². The second-order valence-corrected chi connectivity index (χ2v) is 5.38. The third kappa shape index (κ3) is 4.03. The lowest BCUT2D eigenvalue weighted by atomic mass is 10.0. The normalized spacial score (nSPS) is 10.6. The minimum Gasteiger partial charge on any atom is -0.481 e. The van der Waals surface area contributed by atoms with Crippen molar-refractivity contribution in [2.75, 3.05) is 0 Å². The number of nitrogens with zero attached hydrogens (tertiary/aromatic N) is 3. The van der Waals surface area contributed by atoms with Gasteiger partial charge in [-0.3, -0.25) is 9.78 Å². The van der Waals surface area contributed by atoms with Gasteiger partial charge in [-0.2, -0.15) is 0 Å². The van der Waals surface area contributed by atoms with Crippen LogP contribution in [0.5, 0.6) is 0 Å². The molecule has 23 heavy (non-hydrogen) atoms. The standard InChI is InChI=1S/C18H17N3O2/c22-18(23)8-4-14-1-5-16(6-2-14)17-7-3-15(11-20-17)12-21-10-9-19-13-21/h1-3,5-7,9-11,13H,4,8,12H2,(H,22,23). The summed E-state index contributed by atoms with van der Waals surface area (Å²) in [5.74, 6) is -0.774. The van der Waals surface area contributed by atoms with Gasteiger partial charge in [0.25, 0.3) is 0 Å². The van der Waals surface area contributed by atoms with Crippen LogP contribution in [-0.2, 0) is 17.8 Å². The summed E-state index contributed by atoms with van der Waals surface area (Å²) in [5.41, 5.74) is 4.07. The first-order valence-corrected chi connectivity index (χ1v) is 7.42. The summed E-state index contributed by atoms with van der Waals surface area (Å²) >= 11 is 0. The zero-order valence-electron chi connectivity index (χ0n) is 12.6. The van der Waals surface area contributed by atoms with Crippen molar-refractivity contribution in [3.8, 4) is 11.3 Å². The molecule has 116 valence electrons. The maximum absolute atomic E-state index is 10.6. The van der Waals surface area contributed by atoms with Crippen LogP contribution in [0.2, 0.25) is 0 Å². The third-order valence-electron chi connectivity index (χ3n) is 3.63. The van der Waals surface area contributed by atoms with Gasteiger partial charge in [0.1, 0.15) is 0 Å². The number of aryl methyl sites for hydroxylation is 1. The number of aliphatic carboxylic acids is 1. The second-order valence-electron chi connectivity index (χ2n) is 5.38. The molecule has 0 aliphatic carbocycles. The van der Waals surface area contributed by atoms with E-state index in [9.17, 15) is 4.79 Å². The molecule has 0 saturated heterocycles. The molecule has 5 nitrogen and oxygen atoms in total. The fourth-order valence-electron chi connectivity index (χ4n) is 2.37. The largest absolute Gasteiger partial charge is 0.481 e. The minimum atomic E-state index is -0.774. The van der Waals surface area contributed by atoms with Crippen molar-refractivity contribution in [3.63, 3.8) is 0 Å². The van der Waals surface area contributed by atoms with Gasteiger partial charge in [0.15, 0.2) is 0 Å². The topological polar surface area (TPSA) is 68.0 Å². The highest BCUT2D eigenvalue weighted by molar-refractivity contribution is 5.67. The van der Waals surface area contributed by atoms with Gasteiger partial charge in [-0.05, 0) is 23.6 Å². The molecule has 0 radical (unpaired) electrons. The number of hydrogen-bond donors (Lipinski definition) is 1. The van der Waals surface area contributed by atoms with Crippen molar-refractivity contribution in [1.82, 2.24) is 14.5 Å². The van der Waals surface area contributed by atoms with Crippen LogP contribution in [0.15, 0.2) is 61.3 Å². The summed E-state index contributed by atoms with van der Waals surface area (Å²) in [6.07, 6.45) is 8.03. The van der Waals surface area contributed by atoms with Gasteiger partial charge in [0.05, 0.1) is 12.0 Å². The summed E-state index contributed by atoms with van der Waals surface area (Å²) in [7, 11) is 0. The minimum absolute atomic E-state index is 0.153. The van der Waals surface area contributed by atoms with Crippen molar-refractivity contribution < 1.29 is 9.90 Å². The zero-order chi connectivity index (χ0) is 16.1. The Hall–Kier alpha value is -2.95. The van der Waals surface area contributed by atoms with Crippen LogP contribution in [0.1, 0.15) is 17.5 Å². The number of hydrogen-bond acceptors (Lipinski definition) is 3. The van der Waals surface area contributed by atoms with Crippen LogP contribution < -0.4 is 0 Å². The molecule has 3 rings (SSSR count). The number of carboxylic acid groups (broad SMARTS) is 1. The molecule has 1 N–H and O–H groups in total. The molecule has 0 bridgehead atoms. The predicted octanol–water partition coefficient (Wildman–Crippen LogP) is 3.01. The highest BCUT2D eigenvalue weighted by atomic mass is 16.4. The maximum atomic E-state index is 10.6. The number of imidazole rings is 1. The zero-order valence-corrected chi connectivity index (χ0v) is 12.6. The predicted molar refractivity (Wildman–Crippen MR) is 87.0 cm³/mol. The molecule has 3 aromatic rings. The molecule has 0 saturated carbocycles. The van der Waals surface area contributed by atoms with Crippen LogP contribution in [-0.4, -0.2) is 25.6 Å². The fraction of sp³-hybridized carbons (Fsp3) is 0.167. The van der Waals surface area contributed by atoms with E-state index in [0.717, 1.165) is 28.9 Å². The highest BCUT2D eigenvalue weighted by Crippen LogP contribution is 2.18. The van der Waals surface area contributed by atoms with Crippen molar-refractivity contribution in [2.45, 2.75) is 19.4 Å². The number of benzene rings is 1. The third-order valence-corrected chi connectivity index (χ3v) is 3.63. The Bertz CT molecular complexity index is 763. The highest BCUT2D eigenvalue weighted by Gasteiger charge is 2.03. The number of pyridine rings is 1. The van der Waals surface area contributed by atoms with Gasteiger partial charge in [0, 0.05) is 37.1 Å². The van der Waals surface area contributed by atoms with Gasteiger partial charge >= 0.3 is 5.97 Å². The molecule has 0 aliphatic heterocycles. The average Bonchev–Trinajstić information content (AvgIpc) is 3.07. The van der Waals surface area contributed by atoms with E-state index in [0.29, 0.717) is 6.42 Å². The van der Waals surface area contributed by atoms with Crippen molar-refractivity contribution >= 4 is 5.97 Å². The summed E-state index contributed by atoms with van der Waals surface area (Å²) < 4.78 is 1.99. The van der Waals surface area contributed by atoms with E-state index in [4.69, 9.17) is 5.11 Å². The number of aromatic nitrogens is 3. The Morgan fingerprint density at radius 3 is 2.48 bits per heavy atom. The lowest BCUT2D eigenvalue weighted by molar-refractivity contribution is -0.136. The molecule has 2 heterocycles. The van der Waals surface area contributed by atoms with Crippen LogP contribution in [0, 0.1) is 0 Å². The molecule has 0 atom stereocenters. The Morgan fingerprint density at radius 2 is 1.87 bits per heavy atom. The van der Waals surface area contributed by atoms with Gasteiger partial charge < -0.3 is 9.67 Å². The first-order chi connectivity index (χ1) is 11.2. The fourth-order valence-corrected chi connectivity index (χ4v) is 2.37. The molecule has 0 unspecified atom stereocenters. The van der Waals surface area contributed by atoms with Crippen molar-refractivity contribution in [2.24, 2.45) is 0 Å². The first kappa shape index (κ1) is 15.0. The number of carboxylic acids is 1. The molecule has 1 aromatic carbocycles. The molecule has 0 aliphatic rings. The van der Waals surface area contributed by atoms with E-state index >= 15 is 0 Å². The number of carbonyl (C=O) groups is 1. The summed E-state index contributed by atoms with van der Waals surface area (Å²) in [5, 5.41) is 8.71. The first-order valence-electron chi connectivity index (χ1n) is 7.42. The van der Waals surface area contributed by atoms with Gasteiger partial charge in [-0.1, -0.05) is 30.3 Å². The average molecular weight is 307 g/mol. The monoisotopic (exact) mass is 307 g/mol. The molecule has 0 amide bonds. The molecule has 5 heteroatoms. The van der Waals surface area contributed by atoms with E-state index in [1.54, 1.807) is 12.5 Å². The lowest BCUT2D eigenvalue weighted by Crippen LogP contribution is -1.98. The molecule has 0 spiro atoms. The summed E-state index contributed by atoms with van der Waals surface area (Å²) in [4.78, 5) is 19.1. The Kier molecular flexibility index (Phi) is 4.47. The SMILES string of the molecule is O=C(O)CCc1ccc(-c2ccc(Cn3ccnc3)cn2)cc1. The van der Waals surface area contributed by atoms with E-state index in [-0.39, 0.29) is 6.42 Å². The number of rotatable bonds is 6. The van der Waals surface area contributed by atoms with Crippen LogP contribution in [0.25, 0.3) is 11.3 Å².